The second-order valence-corrected chi connectivity index (χ2v) is 4.93. The zero-order valence-corrected chi connectivity index (χ0v) is 12.8. The van der Waals surface area contributed by atoms with E-state index in [4.69, 9.17) is 9.47 Å². The summed E-state index contributed by atoms with van der Waals surface area (Å²) in [6.45, 7) is 7.03. The van der Waals surface area contributed by atoms with Crippen LogP contribution in [0.1, 0.15) is 34.1 Å². The lowest BCUT2D eigenvalue weighted by atomic mass is 10.0. The Bertz CT molecular complexity index is 456. The number of esters is 2. The molecule has 1 atom stereocenters. The molecular formula is C14H22N2O5. The number of ether oxygens (including phenoxy) is 2. The molecule has 0 unspecified atom stereocenters. The molecule has 0 bridgehead atoms. The summed E-state index contributed by atoms with van der Waals surface area (Å²) in [6.07, 6.45) is 0.531. The third-order valence-corrected chi connectivity index (χ3v) is 2.98. The number of hydrogen-bond donors (Lipinski definition) is 2. The first kappa shape index (κ1) is 17.0. The fourth-order valence-corrected chi connectivity index (χ4v) is 1.89. The summed E-state index contributed by atoms with van der Waals surface area (Å²) in [5, 5.41) is 5.16. The van der Waals surface area contributed by atoms with Gasteiger partial charge in [-0.1, -0.05) is 20.8 Å². The minimum atomic E-state index is -0.521. The molecule has 7 nitrogen and oxygen atoms in total. The minimum Gasteiger partial charge on any atom is -0.463 e. The molecule has 0 radical (unpaired) electrons. The molecule has 0 aromatic heterocycles. The van der Waals surface area contributed by atoms with Crippen LogP contribution in [0.3, 0.4) is 0 Å². The molecule has 0 aromatic rings. The summed E-state index contributed by atoms with van der Waals surface area (Å²) >= 11 is 0. The van der Waals surface area contributed by atoms with Crippen molar-refractivity contribution < 1.29 is 23.9 Å². The van der Waals surface area contributed by atoms with E-state index in [1.165, 1.54) is 0 Å². The van der Waals surface area contributed by atoms with E-state index in [-0.39, 0.29) is 24.8 Å². The van der Waals surface area contributed by atoms with Crippen LogP contribution in [-0.4, -0.2) is 37.2 Å². The van der Waals surface area contributed by atoms with Crippen molar-refractivity contribution >= 4 is 18.0 Å². The van der Waals surface area contributed by atoms with Gasteiger partial charge in [-0.15, -0.1) is 0 Å². The highest BCUT2D eigenvalue weighted by Gasteiger charge is 2.32. The van der Waals surface area contributed by atoms with Crippen LogP contribution in [0, 0.1) is 5.92 Å². The second-order valence-electron chi connectivity index (χ2n) is 4.93. The number of carbonyl (C=O) groups is 3. The van der Waals surface area contributed by atoms with Gasteiger partial charge >= 0.3 is 18.0 Å². The van der Waals surface area contributed by atoms with Gasteiger partial charge in [0.1, 0.15) is 6.61 Å². The summed E-state index contributed by atoms with van der Waals surface area (Å²) in [5.41, 5.74) is 0.577. The fraction of sp³-hybridized carbons (Fsp3) is 0.643. The normalized spacial score (nSPS) is 18.1. The van der Waals surface area contributed by atoms with Gasteiger partial charge in [-0.3, -0.25) is 4.79 Å². The Morgan fingerprint density at radius 1 is 1.24 bits per heavy atom. The summed E-state index contributed by atoms with van der Waals surface area (Å²) < 4.78 is 10.1. The maximum Gasteiger partial charge on any atom is 0.338 e. The van der Waals surface area contributed by atoms with Crippen molar-refractivity contribution in [3.05, 3.63) is 11.3 Å². The van der Waals surface area contributed by atoms with Crippen LogP contribution in [0.15, 0.2) is 11.3 Å². The first-order valence-electron chi connectivity index (χ1n) is 7.04. The SMILES string of the molecule is CCOC(=O)C1=C(COC(=O)C(C)C)NC(=O)N[C@H]1CC. The van der Waals surface area contributed by atoms with Gasteiger partial charge in [0.2, 0.25) is 0 Å². The highest BCUT2D eigenvalue weighted by atomic mass is 16.5. The van der Waals surface area contributed by atoms with Gasteiger partial charge in [0.05, 0.1) is 29.8 Å². The van der Waals surface area contributed by atoms with Crippen LogP contribution in [-0.2, 0) is 19.1 Å². The second kappa shape index (κ2) is 7.66. The molecule has 1 heterocycles. The van der Waals surface area contributed by atoms with Gasteiger partial charge in [-0.25, -0.2) is 9.59 Å². The summed E-state index contributed by atoms with van der Waals surface area (Å²) in [4.78, 5) is 35.2. The van der Waals surface area contributed by atoms with E-state index < -0.39 is 24.0 Å². The Balaban J connectivity index is 2.99. The molecule has 0 saturated carbocycles. The van der Waals surface area contributed by atoms with Crippen molar-refractivity contribution in [2.75, 3.05) is 13.2 Å². The molecule has 21 heavy (non-hydrogen) atoms. The van der Waals surface area contributed by atoms with Crippen molar-refractivity contribution in [1.82, 2.24) is 10.6 Å². The van der Waals surface area contributed by atoms with Crippen molar-refractivity contribution in [3.8, 4) is 0 Å². The fourth-order valence-electron chi connectivity index (χ4n) is 1.89. The Kier molecular flexibility index (Phi) is 6.20. The smallest absolute Gasteiger partial charge is 0.338 e. The molecule has 2 amide bonds. The van der Waals surface area contributed by atoms with Crippen LogP contribution in [0.2, 0.25) is 0 Å². The van der Waals surface area contributed by atoms with Crippen molar-refractivity contribution in [2.24, 2.45) is 5.92 Å². The molecule has 7 heteroatoms. The minimum absolute atomic E-state index is 0.158. The Hall–Kier alpha value is -2.05. The molecule has 0 fully saturated rings. The van der Waals surface area contributed by atoms with Crippen molar-refractivity contribution in [1.29, 1.82) is 0 Å². The lowest BCUT2D eigenvalue weighted by Gasteiger charge is -2.28. The van der Waals surface area contributed by atoms with E-state index in [2.05, 4.69) is 10.6 Å². The molecule has 1 aliphatic rings. The molecule has 0 saturated heterocycles. The van der Waals surface area contributed by atoms with E-state index in [1.807, 2.05) is 6.92 Å². The lowest BCUT2D eigenvalue weighted by Crippen LogP contribution is -2.51. The standard InChI is InChI=1S/C14H22N2O5/c1-5-9-11(13(18)20-6-2)10(16-14(19)15-9)7-21-12(17)8(3)4/h8-9H,5-7H2,1-4H3,(H2,15,16,19)/t9-/m0/s1. The maximum absolute atomic E-state index is 12.1. The third-order valence-electron chi connectivity index (χ3n) is 2.98. The van der Waals surface area contributed by atoms with Crippen LogP contribution >= 0.6 is 0 Å². The quantitative estimate of drug-likeness (QED) is 0.716. The first-order valence-corrected chi connectivity index (χ1v) is 7.04. The number of amides is 2. The number of carbonyl (C=O) groups excluding carboxylic acids is 3. The lowest BCUT2D eigenvalue weighted by molar-refractivity contribution is -0.147. The highest BCUT2D eigenvalue weighted by Crippen LogP contribution is 2.17. The summed E-state index contributed by atoms with van der Waals surface area (Å²) in [7, 11) is 0. The maximum atomic E-state index is 12.1. The molecule has 1 aliphatic heterocycles. The van der Waals surface area contributed by atoms with Gasteiger partial charge < -0.3 is 20.1 Å². The number of urea groups is 1. The van der Waals surface area contributed by atoms with Crippen LogP contribution in [0.4, 0.5) is 4.79 Å². The van der Waals surface area contributed by atoms with Gasteiger partial charge in [-0.05, 0) is 13.3 Å². The monoisotopic (exact) mass is 298 g/mol. The van der Waals surface area contributed by atoms with E-state index >= 15 is 0 Å². The van der Waals surface area contributed by atoms with Gasteiger partial charge in [0.25, 0.3) is 0 Å². The summed E-state index contributed by atoms with van der Waals surface area (Å²) in [5.74, 6) is -1.20. The number of hydrogen-bond acceptors (Lipinski definition) is 5. The highest BCUT2D eigenvalue weighted by molar-refractivity contribution is 5.94. The molecular weight excluding hydrogens is 276 g/mol. The largest absolute Gasteiger partial charge is 0.463 e. The van der Waals surface area contributed by atoms with Crippen molar-refractivity contribution in [2.45, 2.75) is 40.2 Å². The zero-order valence-electron chi connectivity index (χ0n) is 12.8. The van der Waals surface area contributed by atoms with Crippen LogP contribution in [0.5, 0.6) is 0 Å². The molecule has 0 aromatic carbocycles. The number of rotatable bonds is 6. The third kappa shape index (κ3) is 4.47. The van der Waals surface area contributed by atoms with E-state index in [1.54, 1.807) is 20.8 Å². The van der Waals surface area contributed by atoms with Gasteiger partial charge in [0.15, 0.2) is 0 Å². The van der Waals surface area contributed by atoms with Gasteiger partial charge in [0, 0.05) is 0 Å². The first-order chi connectivity index (χ1) is 9.90. The molecule has 0 aliphatic carbocycles. The predicted octanol–water partition coefficient (Wildman–Crippen LogP) is 1.09. The summed E-state index contributed by atoms with van der Waals surface area (Å²) in [6, 6.07) is -0.879. The van der Waals surface area contributed by atoms with Gasteiger partial charge in [-0.2, -0.15) is 0 Å². The Morgan fingerprint density at radius 3 is 2.43 bits per heavy atom. The van der Waals surface area contributed by atoms with Crippen molar-refractivity contribution in [3.63, 3.8) is 0 Å². The molecule has 1 rings (SSSR count). The van der Waals surface area contributed by atoms with E-state index in [9.17, 15) is 14.4 Å². The molecule has 2 N–H and O–H groups in total. The van der Waals surface area contributed by atoms with E-state index in [0.29, 0.717) is 12.0 Å². The Morgan fingerprint density at radius 2 is 1.90 bits per heavy atom. The average Bonchev–Trinajstić information content (AvgIpc) is 2.43. The van der Waals surface area contributed by atoms with Crippen LogP contribution < -0.4 is 10.6 Å². The average molecular weight is 298 g/mol. The molecule has 0 spiro atoms. The number of nitrogens with one attached hydrogen (secondary N) is 2. The zero-order chi connectivity index (χ0) is 16.0. The predicted molar refractivity (Wildman–Crippen MR) is 75.2 cm³/mol. The topological polar surface area (TPSA) is 93.7 Å². The Labute approximate surface area is 124 Å². The van der Waals surface area contributed by atoms with Crippen LogP contribution in [0.25, 0.3) is 0 Å². The van der Waals surface area contributed by atoms with E-state index in [0.717, 1.165) is 0 Å². The molecule has 118 valence electrons.